The Labute approximate surface area is 266 Å². The standard InChI is InChI=1S/C33H47ClN4O6/c1-23-21-27(39)30-29(23)31(36-22-35-30)37-13-15-38(16-14-37)32(41)26(24-8-10-25(34)11-9-24)7-5-6-17-42-19-20-43-18-12-28(40)44-33(2,3)4/h8-11,22-23,26-27,39H,5-7,12-21H2,1-4H3/t23-,26-,27-/m1/s1. The third-order valence-electron chi connectivity index (χ3n) is 8.01. The van der Waals surface area contributed by atoms with E-state index in [-0.39, 0.29) is 30.1 Å². The Kier molecular flexibility index (Phi) is 12.4. The summed E-state index contributed by atoms with van der Waals surface area (Å²) in [6, 6.07) is 7.57. The molecule has 2 aliphatic rings. The molecule has 1 aromatic carbocycles. The van der Waals surface area contributed by atoms with Crippen molar-refractivity contribution in [1.82, 2.24) is 14.9 Å². The molecule has 3 atom stereocenters. The molecule has 2 aromatic rings. The molecule has 242 valence electrons. The van der Waals surface area contributed by atoms with Crippen molar-refractivity contribution in [3.05, 3.63) is 52.4 Å². The second kappa shape index (κ2) is 16.0. The van der Waals surface area contributed by atoms with Crippen LogP contribution in [0.25, 0.3) is 0 Å². The normalized spacial score (nSPS) is 19.1. The van der Waals surface area contributed by atoms with Gasteiger partial charge in [-0.15, -0.1) is 0 Å². The number of halogens is 1. The van der Waals surface area contributed by atoms with E-state index in [9.17, 15) is 14.7 Å². The Hall–Kier alpha value is -2.79. The van der Waals surface area contributed by atoms with Gasteiger partial charge in [-0.1, -0.05) is 37.1 Å². The topological polar surface area (TPSA) is 114 Å². The van der Waals surface area contributed by atoms with Crippen LogP contribution in [-0.2, 0) is 23.8 Å². The molecule has 0 bridgehead atoms. The van der Waals surface area contributed by atoms with E-state index in [0.717, 1.165) is 35.5 Å². The maximum atomic E-state index is 13.8. The van der Waals surface area contributed by atoms with Gasteiger partial charge in [-0.25, -0.2) is 9.97 Å². The maximum Gasteiger partial charge on any atom is 0.308 e. The molecule has 0 spiro atoms. The zero-order chi connectivity index (χ0) is 31.7. The van der Waals surface area contributed by atoms with Gasteiger partial charge in [0.25, 0.3) is 0 Å². The van der Waals surface area contributed by atoms with E-state index in [1.165, 1.54) is 6.33 Å². The number of fused-ring (bicyclic) bond motifs is 1. The first kappa shape index (κ1) is 34.1. The average Bonchev–Trinajstić information content (AvgIpc) is 3.28. The predicted molar refractivity (Wildman–Crippen MR) is 169 cm³/mol. The van der Waals surface area contributed by atoms with Gasteiger partial charge in [0, 0.05) is 43.4 Å². The molecule has 1 saturated heterocycles. The highest BCUT2D eigenvalue weighted by Gasteiger charge is 2.35. The summed E-state index contributed by atoms with van der Waals surface area (Å²) in [6.07, 6.45) is 4.25. The number of unbranched alkanes of at least 4 members (excludes halogenated alkanes) is 1. The van der Waals surface area contributed by atoms with Crippen LogP contribution in [0.2, 0.25) is 5.02 Å². The molecule has 1 amide bonds. The Morgan fingerprint density at radius 3 is 2.36 bits per heavy atom. The van der Waals surface area contributed by atoms with Gasteiger partial charge in [-0.05, 0) is 63.6 Å². The molecule has 1 aliphatic carbocycles. The number of amides is 1. The lowest BCUT2D eigenvalue weighted by Crippen LogP contribution is -2.50. The number of hydrogen-bond acceptors (Lipinski definition) is 9. The van der Waals surface area contributed by atoms with Crippen molar-refractivity contribution in [1.29, 1.82) is 0 Å². The second-order valence-corrected chi connectivity index (χ2v) is 13.1. The van der Waals surface area contributed by atoms with Gasteiger partial charge in [-0.2, -0.15) is 0 Å². The minimum atomic E-state index is -0.542. The van der Waals surface area contributed by atoms with Crippen LogP contribution in [0.5, 0.6) is 0 Å². The molecule has 10 nitrogen and oxygen atoms in total. The Morgan fingerprint density at radius 2 is 1.68 bits per heavy atom. The molecule has 4 rings (SSSR count). The number of piperazine rings is 1. The Morgan fingerprint density at radius 1 is 1.00 bits per heavy atom. The largest absolute Gasteiger partial charge is 0.460 e. The maximum absolute atomic E-state index is 13.8. The molecule has 11 heteroatoms. The van der Waals surface area contributed by atoms with Crippen molar-refractivity contribution in [3.63, 3.8) is 0 Å². The molecular formula is C33H47ClN4O6. The molecule has 1 fully saturated rings. The Balaban J connectivity index is 1.22. The number of anilines is 1. The quantitative estimate of drug-likeness (QED) is 0.226. The molecular weight excluding hydrogens is 584 g/mol. The highest BCUT2D eigenvalue weighted by molar-refractivity contribution is 6.30. The van der Waals surface area contributed by atoms with Gasteiger partial charge in [0.05, 0.1) is 44.0 Å². The zero-order valence-corrected chi connectivity index (χ0v) is 27.2. The zero-order valence-electron chi connectivity index (χ0n) is 26.5. The van der Waals surface area contributed by atoms with Gasteiger partial charge < -0.3 is 29.1 Å². The molecule has 0 radical (unpaired) electrons. The van der Waals surface area contributed by atoms with Crippen molar-refractivity contribution < 1.29 is 28.9 Å². The summed E-state index contributed by atoms with van der Waals surface area (Å²) in [5, 5.41) is 11.0. The first-order valence-electron chi connectivity index (χ1n) is 15.7. The van der Waals surface area contributed by atoms with Crippen LogP contribution in [0.1, 0.15) is 94.6 Å². The third-order valence-corrected chi connectivity index (χ3v) is 8.27. The number of aliphatic hydroxyl groups excluding tert-OH is 1. The van der Waals surface area contributed by atoms with E-state index in [1.54, 1.807) is 0 Å². The molecule has 1 N–H and O–H groups in total. The van der Waals surface area contributed by atoms with Crippen LogP contribution in [-0.4, -0.2) is 90.1 Å². The Bertz CT molecular complexity index is 1230. The van der Waals surface area contributed by atoms with Crippen LogP contribution in [0.4, 0.5) is 5.82 Å². The van der Waals surface area contributed by atoms with Crippen molar-refractivity contribution in [2.24, 2.45) is 0 Å². The van der Waals surface area contributed by atoms with E-state index in [0.29, 0.717) is 70.5 Å². The lowest BCUT2D eigenvalue weighted by Gasteiger charge is -2.38. The highest BCUT2D eigenvalue weighted by atomic mass is 35.5. The number of benzene rings is 1. The minimum Gasteiger partial charge on any atom is -0.460 e. The van der Waals surface area contributed by atoms with Crippen LogP contribution in [0, 0.1) is 0 Å². The SMILES string of the molecule is C[C@@H]1C[C@@H](O)c2ncnc(N3CCN(C(=O)[C@H](CCCCOCCOCCC(=O)OC(C)(C)C)c4ccc(Cl)cc4)CC3)c21. The monoisotopic (exact) mass is 630 g/mol. The second-order valence-electron chi connectivity index (χ2n) is 12.6. The van der Waals surface area contributed by atoms with Gasteiger partial charge in [0.2, 0.25) is 5.91 Å². The number of nitrogens with zero attached hydrogens (tertiary/aromatic N) is 4. The molecule has 1 aliphatic heterocycles. The first-order valence-corrected chi connectivity index (χ1v) is 16.1. The molecule has 1 aromatic heterocycles. The predicted octanol–water partition coefficient (Wildman–Crippen LogP) is 5.04. The minimum absolute atomic E-state index is 0.128. The summed E-state index contributed by atoms with van der Waals surface area (Å²) in [7, 11) is 0. The first-order chi connectivity index (χ1) is 21.0. The summed E-state index contributed by atoms with van der Waals surface area (Å²) in [5.41, 5.74) is 2.25. The van der Waals surface area contributed by atoms with Crippen LogP contribution in [0.15, 0.2) is 30.6 Å². The fraction of sp³-hybridized carbons (Fsp3) is 0.636. The van der Waals surface area contributed by atoms with Crippen LogP contribution in [0.3, 0.4) is 0 Å². The van der Waals surface area contributed by atoms with E-state index < -0.39 is 11.7 Å². The molecule has 0 unspecified atom stereocenters. The lowest BCUT2D eigenvalue weighted by molar-refractivity contribution is -0.156. The molecule has 0 saturated carbocycles. The van der Waals surface area contributed by atoms with Gasteiger partial charge in [0.15, 0.2) is 0 Å². The fourth-order valence-electron chi connectivity index (χ4n) is 5.86. The van der Waals surface area contributed by atoms with Crippen molar-refractivity contribution in [2.75, 3.05) is 57.5 Å². The summed E-state index contributed by atoms with van der Waals surface area (Å²) in [4.78, 5) is 38.7. The number of aliphatic hydroxyl groups is 1. The number of hydrogen-bond donors (Lipinski definition) is 1. The van der Waals surface area contributed by atoms with Crippen molar-refractivity contribution in [2.45, 2.75) is 83.3 Å². The third kappa shape index (κ3) is 9.60. The van der Waals surface area contributed by atoms with Gasteiger partial charge in [-0.3, -0.25) is 9.59 Å². The van der Waals surface area contributed by atoms with E-state index in [1.807, 2.05) is 49.9 Å². The summed E-state index contributed by atoms with van der Waals surface area (Å²) in [6.45, 7) is 11.9. The van der Waals surface area contributed by atoms with Crippen LogP contribution < -0.4 is 4.90 Å². The average molecular weight is 631 g/mol. The number of carbonyl (C=O) groups excluding carboxylic acids is 2. The number of rotatable bonds is 14. The summed E-state index contributed by atoms with van der Waals surface area (Å²) < 4.78 is 16.5. The van der Waals surface area contributed by atoms with Crippen molar-refractivity contribution >= 4 is 29.3 Å². The number of esters is 1. The van der Waals surface area contributed by atoms with Crippen LogP contribution >= 0.6 is 11.6 Å². The highest BCUT2D eigenvalue weighted by Crippen LogP contribution is 2.42. The van der Waals surface area contributed by atoms with E-state index in [4.69, 9.17) is 25.8 Å². The van der Waals surface area contributed by atoms with Gasteiger partial charge in [0.1, 0.15) is 17.7 Å². The number of carbonyl (C=O) groups is 2. The number of aromatic nitrogens is 2. The summed E-state index contributed by atoms with van der Waals surface area (Å²) in [5.74, 6) is 0.686. The molecule has 44 heavy (non-hydrogen) atoms. The molecule has 2 heterocycles. The van der Waals surface area contributed by atoms with Crippen molar-refractivity contribution in [3.8, 4) is 0 Å². The number of ether oxygens (including phenoxy) is 3. The lowest BCUT2D eigenvalue weighted by atomic mass is 9.92. The van der Waals surface area contributed by atoms with E-state index >= 15 is 0 Å². The van der Waals surface area contributed by atoms with Gasteiger partial charge >= 0.3 is 5.97 Å². The fourth-order valence-corrected chi connectivity index (χ4v) is 5.99. The smallest absolute Gasteiger partial charge is 0.308 e. The summed E-state index contributed by atoms with van der Waals surface area (Å²) >= 11 is 6.15. The van der Waals surface area contributed by atoms with E-state index in [2.05, 4.69) is 21.8 Å².